The first-order chi connectivity index (χ1) is 18.8. The quantitative estimate of drug-likeness (QED) is 0.432. The molecule has 1 aliphatic carbocycles. The van der Waals surface area contributed by atoms with Crippen molar-refractivity contribution in [3.63, 3.8) is 0 Å². The molecule has 0 saturated carbocycles. The number of anilines is 1. The summed E-state index contributed by atoms with van der Waals surface area (Å²) in [6, 6.07) is 10.8. The van der Waals surface area contributed by atoms with Crippen LogP contribution in [-0.4, -0.2) is 73.9 Å². The second-order valence-electron chi connectivity index (χ2n) is 12.1. The summed E-state index contributed by atoms with van der Waals surface area (Å²) in [5, 5.41) is 0.999. The Kier molecular flexibility index (Phi) is 6.67. The fourth-order valence-electron chi connectivity index (χ4n) is 7.43. The Balaban J connectivity index is 1.37. The zero-order chi connectivity index (χ0) is 27.4. The zero-order valence-corrected chi connectivity index (χ0v) is 24.2. The number of benzene rings is 2. The van der Waals surface area contributed by atoms with Gasteiger partial charge in [0.2, 0.25) is 0 Å². The maximum Gasteiger partial charge on any atom is 0.195 e. The molecule has 0 spiro atoms. The number of hydrogen-bond donors (Lipinski definition) is 1. The van der Waals surface area contributed by atoms with Crippen LogP contribution in [0.25, 0.3) is 10.9 Å². The van der Waals surface area contributed by atoms with E-state index in [1.165, 1.54) is 30.5 Å². The van der Waals surface area contributed by atoms with Crippen LogP contribution in [0.1, 0.15) is 85.3 Å². The smallest absolute Gasteiger partial charge is 0.195 e. The molecule has 2 aromatic carbocycles. The lowest BCUT2D eigenvalue weighted by Gasteiger charge is -2.50. The number of aromatic nitrogens is 1. The van der Waals surface area contributed by atoms with Crippen molar-refractivity contribution in [3.8, 4) is 0 Å². The molecular formula is C33H42N4O2. The lowest BCUT2D eigenvalue weighted by Crippen LogP contribution is -2.58. The van der Waals surface area contributed by atoms with E-state index in [1.54, 1.807) is 7.05 Å². The van der Waals surface area contributed by atoms with Gasteiger partial charge in [0.1, 0.15) is 0 Å². The van der Waals surface area contributed by atoms with Gasteiger partial charge in [-0.3, -0.25) is 14.7 Å². The van der Waals surface area contributed by atoms with Crippen molar-refractivity contribution < 1.29 is 9.53 Å². The van der Waals surface area contributed by atoms with Crippen molar-refractivity contribution in [1.29, 1.82) is 0 Å². The fourth-order valence-corrected chi connectivity index (χ4v) is 7.43. The molecule has 6 rings (SSSR count). The van der Waals surface area contributed by atoms with Crippen molar-refractivity contribution in [2.24, 2.45) is 4.99 Å². The van der Waals surface area contributed by atoms with E-state index in [2.05, 4.69) is 71.7 Å². The summed E-state index contributed by atoms with van der Waals surface area (Å²) >= 11 is 0. The van der Waals surface area contributed by atoms with Crippen molar-refractivity contribution in [2.75, 3.05) is 51.3 Å². The van der Waals surface area contributed by atoms with E-state index >= 15 is 0 Å². The average Bonchev–Trinajstić information content (AvgIpc) is 3.36. The number of morpholine rings is 1. The van der Waals surface area contributed by atoms with E-state index in [1.807, 2.05) is 12.3 Å². The first-order valence-corrected chi connectivity index (χ1v) is 14.7. The highest BCUT2D eigenvalue weighted by atomic mass is 16.5. The molecule has 206 valence electrons. The molecule has 2 saturated heterocycles. The van der Waals surface area contributed by atoms with Gasteiger partial charge in [-0.15, -0.1) is 0 Å². The van der Waals surface area contributed by atoms with E-state index in [9.17, 15) is 4.79 Å². The molecule has 1 N–H and O–H groups in total. The van der Waals surface area contributed by atoms with Gasteiger partial charge in [0.05, 0.1) is 18.8 Å². The monoisotopic (exact) mass is 526 g/mol. The van der Waals surface area contributed by atoms with Crippen LogP contribution in [0.3, 0.4) is 0 Å². The third-order valence-corrected chi connectivity index (χ3v) is 9.85. The first-order valence-electron chi connectivity index (χ1n) is 14.7. The van der Waals surface area contributed by atoms with Crippen LogP contribution in [-0.2, 0) is 16.6 Å². The topological polar surface area (TPSA) is 60.9 Å². The molecular weight excluding hydrogens is 484 g/mol. The highest BCUT2D eigenvalue weighted by Crippen LogP contribution is 2.46. The molecule has 39 heavy (non-hydrogen) atoms. The minimum absolute atomic E-state index is 0.139. The number of ketones is 1. The van der Waals surface area contributed by atoms with Crippen LogP contribution in [0, 0.1) is 0 Å². The standard InChI is InChI=1S/C33H42N4O2/c1-6-23-19-25-26(20-28(23)36-12-10-33(7-2,11-13-36)37-14-16-39-17-15-37)32(3,4)31-29(30(25)38)24-9-8-22(21-34-5)18-27(24)35-31/h8-9,18-21,35H,6-7,10-17H2,1-5H3/b34-21+. The predicted molar refractivity (Wildman–Crippen MR) is 160 cm³/mol. The molecule has 6 heteroatoms. The van der Waals surface area contributed by atoms with Gasteiger partial charge in [0.15, 0.2) is 5.78 Å². The number of H-pyrrole nitrogens is 1. The zero-order valence-electron chi connectivity index (χ0n) is 24.2. The van der Waals surface area contributed by atoms with Gasteiger partial charge >= 0.3 is 0 Å². The minimum Gasteiger partial charge on any atom is -0.379 e. The number of aliphatic imine (C=N–C) groups is 1. The number of aryl methyl sites for hydroxylation is 1. The Morgan fingerprint density at radius 3 is 2.46 bits per heavy atom. The van der Waals surface area contributed by atoms with Crippen LogP contribution in [0.15, 0.2) is 35.3 Å². The Morgan fingerprint density at radius 1 is 1.05 bits per heavy atom. The number of carbonyl (C=O) groups is 1. The number of fused-ring (bicyclic) bond motifs is 4. The normalized spacial score (nSPS) is 20.9. The second-order valence-corrected chi connectivity index (χ2v) is 12.1. The van der Waals surface area contributed by atoms with Crippen molar-refractivity contribution in [3.05, 3.63) is 63.8 Å². The summed E-state index contributed by atoms with van der Waals surface area (Å²) in [7, 11) is 1.78. The van der Waals surface area contributed by atoms with Gasteiger partial charge in [-0.25, -0.2) is 0 Å². The molecule has 0 amide bonds. The maximum absolute atomic E-state index is 14.1. The number of nitrogens with one attached hydrogen (secondary N) is 1. The van der Waals surface area contributed by atoms with Gasteiger partial charge in [0.25, 0.3) is 0 Å². The maximum atomic E-state index is 14.1. The van der Waals surface area contributed by atoms with E-state index in [0.29, 0.717) is 0 Å². The highest BCUT2D eigenvalue weighted by Gasteiger charge is 2.42. The van der Waals surface area contributed by atoms with Crippen LogP contribution >= 0.6 is 0 Å². The first kappa shape index (κ1) is 26.3. The fraction of sp³-hybridized carbons (Fsp3) is 0.515. The summed E-state index contributed by atoms with van der Waals surface area (Å²) in [4.78, 5) is 27.2. The second kappa shape index (κ2) is 9.90. The van der Waals surface area contributed by atoms with Gasteiger partial charge in [0, 0.05) is 78.2 Å². The van der Waals surface area contributed by atoms with Gasteiger partial charge in [-0.05, 0) is 60.6 Å². The third-order valence-electron chi connectivity index (χ3n) is 9.85. The highest BCUT2D eigenvalue weighted by molar-refractivity contribution is 6.20. The van der Waals surface area contributed by atoms with Crippen molar-refractivity contribution >= 4 is 28.6 Å². The molecule has 0 radical (unpaired) electrons. The Morgan fingerprint density at radius 2 is 1.79 bits per heavy atom. The summed E-state index contributed by atoms with van der Waals surface area (Å²) < 4.78 is 5.65. The third kappa shape index (κ3) is 4.15. The van der Waals surface area contributed by atoms with E-state index in [4.69, 9.17) is 4.74 Å². The lowest BCUT2D eigenvalue weighted by atomic mass is 9.70. The lowest BCUT2D eigenvalue weighted by molar-refractivity contribution is -0.0340. The van der Waals surface area contributed by atoms with E-state index in [0.717, 1.165) is 84.7 Å². The van der Waals surface area contributed by atoms with Crippen LogP contribution in [0.2, 0.25) is 0 Å². The predicted octanol–water partition coefficient (Wildman–Crippen LogP) is 5.73. The SMILES string of the molecule is CCc1cc2c(cc1N1CCC(CC)(N3CCOCC3)CC1)C(C)(C)c1[nH]c3cc(/C=N/C)ccc3c1C2=O. The summed E-state index contributed by atoms with van der Waals surface area (Å²) in [6.07, 6.45) is 6.28. The van der Waals surface area contributed by atoms with Gasteiger partial charge in [-0.1, -0.05) is 39.8 Å². The number of ether oxygens (including phenoxy) is 1. The summed E-state index contributed by atoms with van der Waals surface area (Å²) in [5.74, 6) is 0.139. The molecule has 3 heterocycles. The van der Waals surface area contributed by atoms with Crippen molar-refractivity contribution in [1.82, 2.24) is 9.88 Å². The molecule has 3 aromatic rings. The van der Waals surface area contributed by atoms with Crippen LogP contribution < -0.4 is 4.90 Å². The molecule has 2 aliphatic heterocycles. The summed E-state index contributed by atoms with van der Waals surface area (Å²) in [6.45, 7) is 15.0. The van der Waals surface area contributed by atoms with E-state index < -0.39 is 0 Å². The molecule has 0 unspecified atom stereocenters. The number of aromatic amines is 1. The van der Waals surface area contributed by atoms with Gasteiger partial charge < -0.3 is 14.6 Å². The molecule has 2 fully saturated rings. The molecule has 3 aliphatic rings. The number of carbonyl (C=O) groups excluding carboxylic acids is 1. The number of nitrogens with zero attached hydrogens (tertiary/aromatic N) is 3. The summed E-state index contributed by atoms with van der Waals surface area (Å²) in [5.41, 5.74) is 8.43. The largest absolute Gasteiger partial charge is 0.379 e. The molecule has 0 atom stereocenters. The molecule has 6 nitrogen and oxygen atoms in total. The molecule has 0 bridgehead atoms. The van der Waals surface area contributed by atoms with Crippen molar-refractivity contribution in [2.45, 2.75) is 64.3 Å². The van der Waals surface area contributed by atoms with Gasteiger partial charge in [-0.2, -0.15) is 0 Å². The van der Waals surface area contributed by atoms with Crippen LogP contribution in [0.4, 0.5) is 5.69 Å². The Labute approximate surface area is 232 Å². The Bertz CT molecular complexity index is 1440. The number of hydrogen-bond acceptors (Lipinski definition) is 5. The van der Waals surface area contributed by atoms with Crippen LogP contribution in [0.5, 0.6) is 0 Å². The Hall–Kier alpha value is -2.96. The number of piperidine rings is 1. The minimum atomic E-state index is -0.311. The molecule has 1 aromatic heterocycles. The number of rotatable bonds is 5. The average molecular weight is 527 g/mol. The van der Waals surface area contributed by atoms with E-state index in [-0.39, 0.29) is 16.7 Å².